The summed E-state index contributed by atoms with van der Waals surface area (Å²) in [5.74, 6) is 0.488. The van der Waals surface area contributed by atoms with E-state index < -0.39 is 0 Å². The Labute approximate surface area is 91.4 Å². The molecule has 0 spiro atoms. The number of rotatable bonds is 4. The van der Waals surface area contributed by atoms with Crippen LogP contribution in [0.25, 0.3) is 0 Å². The molecule has 0 radical (unpaired) electrons. The summed E-state index contributed by atoms with van der Waals surface area (Å²) in [6, 6.07) is 0. The van der Waals surface area contributed by atoms with Crippen LogP contribution in [0.5, 0.6) is 0 Å². The Bertz CT molecular complexity index is 316. The summed E-state index contributed by atoms with van der Waals surface area (Å²) in [4.78, 5) is 12.9. The van der Waals surface area contributed by atoms with Gasteiger partial charge in [-0.05, 0) is 6.92 Å². The third-order valence-electron chi connectivity index (χ3n) is 1.55. The average molecular weight is 235 g/mol. The van der Waals surface area contributed by atoms with E-state index in [2.05, 4.69) is 14.1 Å². The molecule has 1 aromatic rings. The Morgan fingerprint density at radius 1 is 1.64 bits per heavy atom. The number of anilines is 1. The Kier molecular flexibility index (Phi) is 4.09. The van der Waals surface area contributed by atoms with Crippen molar-refractivity contribution in [2.45, 2.75) is 6.92 Å². The predicted molar refractivity (Wildman–Crippen MR) is 56.9 cm³/mol. The molecule has 0 saturated heterocycles. The number of hydrogen-bond donors (Lipinski definition) is 1. The lowest BCUT2D eigenvalue weighted by atomic mass is 10.5. The van der Waals surface area contributed by atoms with Gasteiger partial charge >= 0.3 is 0 Å². The molecule has 1 heterocycles. The highest BCUT2D eigenvalue weighted by Gasteiger charge is 2.13. The fourth-order valence-electron chi connectivity index (χ4n) is 0.944. The van der Waals surface area contributed by atoms with Gasteiger partial charge in [-0.2, -0.15) is 8.75 Å². The molecule has 7 heteroatoms. The van der Waals surface area contributed by atoms with Crippen molar-refractivity contribution >= 4 is 35.1 Å². The van der Waals surface area contributed by atoms with Crippen molar-refractivity contribution < 1.29 is 4.79 Å². The first-order valence-corrected chi connectivity index (χ1v) is 5.21. The van der Waals surface area contributed by atoms with Gasteiger partial charge in [-0.3, -0.25) is 4.79 Å². The Hall–Kier alpha value is -0.880. The van der Waals surface area contributed by atoms with Crippen LogP contribution in [0.3, 0.4) is 0 Å². The van der Waals surface area contributed by atoms with Gasteiger partial charge in [0.1, 0.15) is 0 Å². The molecule has 0 aromatic carbocycles. The topological polar surface area (TPSA) is 58.1 Å². The van der Waals surface area contributed by atoms with Gasteiger partial charge in [-0.1, -0.05) is 11.6 Å². The Morgan fingerprint density at radius 3 is 2.86 bits per heavy atom. The van der Waals surface area contributed by atoms with Crippen molar-refractivity contribution in [3.63, 3.8) is 0 Å². The molecule has 14 heavy (non-hydrogen) atoms. The highest BCUT2D eigenvalue weighted by molar-refractivity contribution is 6.99. The maximum Gasteiger partial charge on any atom is 0.239 e. The number of halogens is 1. The maximum atomic E-state index is 11.2. The molecule has 0 unspecified atom stereocenters. The second kappa shape index (κ2) is 5.11. The van der Waals surface area contributed by atoms with Crippen LogP contribution in [-0.2, 0) is 4.79 Å². The summed E-state index contributed by atoms with van der Waals surface area (Å²) in [6.45, 7) is 2.73. The van der Waals surface area contributed by atoms with Gasteiger partial charge < -0.3 is 10.2 Å². The van der Waals surface area contributed by atoms with E-state index in [1.165, 1.54) is 0 Å². The lowest BCUT2D eigenvalue weighted by molar-refractivity contribution is -0.119. The molecule has 78 valence electrons. The molecule has 1 rings (SSSR count). The first kappa shape index (κ1) is 11.2. The zero-order valence-corrected chi connectivity index (χ0v) is 9.52. The van der Waals surface area contributed by atoms with E-state index in [0.29, 0.717) is 17.5 Å². The fraction of sp³-hybridized carbons (Fsp3) is 0.571. The van der Waals surface area contributed by atoms with E-state index >= 15 is 0 Å². The first-order chi connectivity index (χ1) is 6.65. The van der Waals surface area contributed by atoms with Gasteiger partial charge in [-0.25, -0.2) is 0 Å². The minimum absolute atomic E-state index is 0.0564. The molecule has 1 aromatic heterocycles. The van der Waals surface area contributed by atoms with E-state index in [0.717, 1.165) is 11.7 Å². The van der Waals surface area contributed by atoms with Crippen LogP contribution in [0.2, 0.25) is 5.15 Å². The number of hydrogen-bond acceptors (Lipinski definition) is 5. The normalized spacial score (nSPS) is 9.93. The second-order valence-corrected chi connectivity index (χ2v) is 3.57. The van der Waals surface area contributed by atoms with E-state index in [-0.39, 0.29) is 12.5 Å². The maximum absolute atomic E-state index is 11.2. The molecule has 0 aliphatic heterocycles. The summed E-state index contributed by atoms with van der Waals surface area (Å²) in [6.07, 6.45) is 0. The quantitative estimate of drug-likeness (QED) is 0.836. The third-order valence-corrected chi connectivity index (χ3v) is 2.42. The number of nitrogens with zero attached hydrogens (tertiary/aromatic N) is 3. The van der Waals surface area contributed by atoms with E-state index in [1.54, 1.807) is 11.9 Å². The van der Waals surface area contributed by atoms with Crippen LogP contribution >= 0.6 is 23.3 Å². The van der Waals surface area contributed by atoms with Crippen molar-refractivity contribution in [3.05, 3.63) is 5.15 Å². The standard InChI is InChI=1S/C7H11ClN4OS/c1-3-9-5(13)4-12(2)7-6(8)10-14-11-7/h3-4H2,1-2H3,(H,9,13). The largest absolute Gasteiger partial charge is 0.355 e. The smallest absolute Gasteiger partial charge is 0.239 e. The highest BCUT2D eigenvalue weighted by atomic mass is 35.5. The SMILES string of the molecule is CCNC(=O)CN(C)c1nsnc1Cl. The zero-order valence-electron chi connectivity index (χ0n) is 7.95. The van der Waals surface area contributed by atoms with Crippen molar-refractivity contribution in [2.24, 2.45) is 0 Å². The van der Waals surface area contributed by atoms with Crippen molar-refractivity contribution in [2.75, 3.05) is 25.0 Å². The number of amides is 1. The van der Waals surface area contributed by atoms with Crippen molar-refractivity contribution in [3.8, 4) is 0 Å². The van der Waals surface area contributed by atoms with Crippen LogP contribution in [0.15, 0.2) is 0 Å². The number of carbonyl (C=O) groups excluding carboxylic acids is 1. The zero-order chi connectivity index (χ0) is 10.6. The van der Waals surface area contributed by atoms with Gasteiger partial charge in [0.05, 0.1) is 18.3 Å². The Morgan fingerprint density at radius 2 is 2.36 bits per heavy atom. The summed E-state index contributed by atoms with van der Waals surface area (Å²) < 4.78 is 7.79. The lowest BCUT2D eigenvalue weighted by Crippen LogP contribution is -2.35. The minimum atomic E-state index is -0.0564. The molecule has 0 aliphatic carbocycles. The molecular weight excluding hydrogens is 224 g/mol. The van der Waals surface area contributed by atoms with Crippen LogP contribution in [-0.4, -0.2) is 34.8 Å². The number of likely N-dealkylation sites (N-methyl/N-ethyl adjacent to an activating group) is 2. The summed E-state index contributed by atoms with van der Waals surface area (Å²) >= 11 is 6.79. The molecule has 5 nitrogen and oxygen atoms in total. The summed E-state index contributed by atoms with van der Waals surface area (Å²) in [5, 5.41) is 3.02. The molecule has 0 bridgehead atoms. The van der Waals surface area contributed by atoms with Crippen LogP contribution in [0.4, 0.5) is 5.82 Å². The van der Waals surface area contributed by atoms with Crippen molar-refractivity contribution in [1.82, 2.24) is 14.1 Å². The second-order valence-electron chi connectivity index (χ2n) is 2.69. The minimum Gasteiger partial charge on any atom is -0.355 e. The van der Waals surface area contributed by atoms with Crippen LogP contribution < -0.4 is 10.2 Å². The summed E-state index contributed by atoms with van der Waals surface area (Å²) in [7, 11) is 1.75. The number of carbonyl (C=O) groups is 1. The molecule has 1 amide bonds. The van der Waals surface area contributed by atoms with Crippen LogP contribution in [0, 0.1) is 0 Å². The van der Waals surface area contributed by atoms with Gasteiger partial charge in [0.25, 0.3) is 0 Å². The molecule has 1 N–H and O–H groups in total. The van der Waals surface area contributed by atoms with Gasteiger partial charge in [0.15, 0.2) is 11.0 Å². The van der Waals surface area contributed by atoms with E-state index in [4.69, 9.17) is 11.6 Å². The van der Waals surface area contributed by atoms with Gasteiger partial charge in [-0.15, -0.1) is 0 Å². The molecule has 0 aliphatic rings. The number of nitrogens with one attached hydrogen (secondary N) is 1. The van der Waals surface area contributed by atoms with Gasteiger partial charge in [0, 0.05) is 13.6 Å². The average Bonchev–Trinajstić information content (AvgIpc) is 2.51. The van der Waals surface area contributed by atoms with Crippen molar-refractivity contribution in [1.29, 1.82) is 0 Å². The molecule has 0 atom stereocenters. The fourth-order valence-corrected chi connectivity index (χ4v) is 1.77. The molecule has 0 saturated carbocycles. The Balaban J connectivity index is 2.54. The summed E-state index contributed by atoms with van der Waals surface area (Å²) in [5.41, 5.74) is 0. The predicted octanol–water partition coefficient (Wildman–Crippen LogP) is 0.764. The van der Waals surface area contributed by atoms with E-state index in [9.17, 15) is 4.79 Å². The third kappa shape index (κ3) is 2.81. The monoisotopic (exact) mass is 234 g/mol. The van der Waals surface area contributed by atoms with Crippen LogP contribution in [0.1, 0.15) is 6.92 Å². The number of aromatic nitrogens is 2. The molecular formula is C7H11ClN4OS. The first-order valence-electron chi connectivity index (χ1n) is 4.11. The molecule has 0 fully saturated rings. The lowest BCUT2D eigenvalue weighted by Gasteiger charge is -2.14. The highest BCUT2D eigenvalue weighted by Crippen LogP contribution is 2.20. The van der Waals surface area contributed by atoms with E-state index in [1.807, 2.05) is 6.92 Å². The van der Waals surface area contributed by atoms with Gasteiger partial charge in [0.2, 0.25) is 5.91 Å².